The molecule has 0 aliphatic heterocycles. The van der Waals surface area contributed by atoms with Crippen LogP contribution in [0.5, 0.6) is 28.7 Å². The van der Waals surface area contributed by atoms with E-state index >= 15 is 0 Å². The van der Waals surface area contributed by atoms with Gasteiger partial charge in [-0.05, 0) is 24.3 Å². The number of rotatable bonds is 9. The van der Waals surface area contributed by atoms with Gasteiger partial charge in [0.25, 0.3) is 5.91 Å². The summed E-state index contributed by atoms with van der Waals surface area (Å²) in [6.45, 7) is 0.133. The summed E-state index contributed by atoms with van der Waals surface area (Å²) in [5.74, 6) is 2.35. The molecule has 26 heavy (non-hydrogen) atoms. The molecule has 0 unspecified atom stereocenters. The van der Waals surface area contributed by atoms with Crippen molar-refractivity contribution in [3.63, 3.8) is 0 Å². The van der Waals surface area contributed by atoms with Gasteiger partial charge in [0, 0.05) is 12.1 Å². The van der Waals surface area contributed by atoms with E-state index in [1.165, 1.54) is 14.2 Å². The molecule has 0 bridgehead atoms. The number of hydrogen-bond donors (Lipinski definition) is 1. The molecule has 7 heteroatoms. The SMILES string of the molecule is COc1ccccc1OCC(=O)NCc1ccc(OC)c(OC)c1OC. The molecule has 1 N–H and O–H groups in total. The summed E-state index contributed by atoms with van der Waals surface area (Å²) in [6.07, 6.45) is 0. The van der Waals surface area contributed by atoms with Crippen LogP contribution in [0.3, 0.4) is 0 Å². The normalized spacial score (nSPS) is 10.0. The third-order valence-electron chi connectivity index (χ3n) is 3.69. The molecule has 0 heterocycles. The molecule has 0 saturated heterocycles. The van der Waals surface area contributed by atoms with Crippen molar-refractivity contribution in [2.75, 3.05) is 35.0 Å². The van der Waals surface area contributed by atoms with Crippen molar-refractivity contribution < 1.29 is 28.5 Å². The maximum Gasteiger partial charge on any atom is 0.258 e. The van der Waals surface area contributed by atoms with Crippen LogP contribution in [-0.4, -0.2) is 41.0 Å². The first-order valence-electron chi connectivity index (χ1n) is 7.95. The Morgan fingerprint density at radius 2 is 1.46 bits per heavy atom. The van der Waals surface area contributed by atoms with Crippen LogP contribution in [0.4, 0.5) is 0 Å². The summed E-state index contributed by atoms with van der Waals surface area (Å²) in [5.41, 5.74) is 0.760. The monoisotopic (exact) mass is 361 g/mol. The van der Waals surface area contributed by atoms with Gasteiger partial charge in [-0.2, -0.15) is 0 Å². The molecule has 0 atom stereocenters. The zero-order chi connectivity index (χ0) is 18.9. The number of ether oxygens (including phenoxy) is 5. The fraction of sp³-hybridized carbons (Fsp3) is 0.316. The van der Waals surface area contributed by atoms with Crippen LogP contribution in [0.1, 0.15) is 5.56 Å². The maximum absolute atomic E-state index is 12.1. The zero-order valence-electron chi connectivity index (χ0n) is 15.3. The van der Waals surface area contributed by atoms with Crippen LogP contribution < -0.4 is 29.0 Å². The fourth-order valence-electron chi connectivity index (χ4n) is 2.43. The molecule has 2 aromatic carbocycles. The second kappa shape index (κ2) is 9.41. The molecule has 0 radical (unpaired) electrons. The third-order valence-corrected chi connectivity index (χ3v) is 3.69. The Balaban J connectivity index is 1.99. The Labute approximate surface area is 152 Å². The summed E-state index contributed by atoms with van der Waals surface area (Å²) in [6, 6.07) is 10.7. The van der Waals surface area contributed by atoms with E-state index in [2.05, 4.69) is 5.32 Å². The molecule has 0 spiro atoms. The largest absolute Gasteiger partial charge is 0.493 e. The van der Waals surface area contributed by atoms with Crippen molar-refractivity contribution >= 4 is 5.91 Å². The van der Waals surface area contributed by atoms with Gasteiger partial charge in [-0.25, -0.2) is 0 Å². The Bertz CT molecular complexity index is 747. The van der Waals surface area contributed by atoms with E-state index in [0.717, 1.165) is 5.56 Å². The molecular formula is C19H23NO6. The number of nitrogens with one attached hydrogen (secondary N) is 1. The lowest BCUT2D eigenvalue weighted by Crippen LogP contribution is -2.28. The molecule has 0 aliphatic carbocycles. The number of amides is 1. The molecule has 140 valence electrons. The minimum atomic E-state index is -0.271. The average Bonchev–Trinajstić information content (AvgIpc) is 2.69. The van der Waals surface area contributed by atoms with Crippen LogP contribution in [0, 0.1) is 0 Å². The van der Waals surface area contributed by atoms with Crippen LogP contribution in [0.25, 0.3) is 0 Å². The molecule has 0 fully saturated rings. The first kappa shape index (κ1) is 19.2. The highest BCUT2D eigenvalue weighted by Crippen LogP contribution is 2.39. The predicted octanol–water partition coefficient (Wildman–Crippen LogP) is 2.42. The first-order valence-corrected chi connectivity index (χ1v) is 7.95. The van der Waals surface area contributed by atoms with E-state index in [1.54, 1.807) is 32.4 Å². The van der Waals surface area contributed by atoms with Gasteiger partial charge in [0.2, 0.25) is 5.75 Å². The number of hydrogen-bond acceptors (Lipinski definition) is 6. The molecule has 2 rings (SSSR count). The minimum Gasteiger partial charge on any atom is -0.493 e. The van der Waals surface area contributed by atoms with Crippen molar-refractivity contribution in [3.05, 3.63) is 42.0 Å². The number of benzene rings is 2. The maximum atomic E-state index is 12.1. The average molecular weight is 361 g/mol. The smallest absolute Gasteiger partial charge is 0.258 e. The lowest BCUT2D eigenvalue weighted by Gasteiger charge is -2.16. The Morgan fingerprint density at radius 1 is 0.808 bits per heavy atom. The van der Waals surface area contributed by atoms with Gasteiger partial charge in [-0.1, -0.05) is 12.1 Å². The van der Waals surface area contributed by atoms with Crippen molar-refractivity contribution in [2.24, 2.45) is 0 Å². The number of carbonyl (C=O) groups excluding carboxylic acids is 1. The van der Waals surface area contributed by atoms with Gasteiger partial charge >= 0.3 is 0 Å². The highest BCUT2D eigenvalue weighted by atomic mass is 16.5. The van der Waals surface area contributed by atoms with Crippen molar-refractivity contribution in [1.29, 1.82) is 0 Å². The van der Waals surface area contributed by atoms with Crippen molar-refractivity contribution in [1.82, 2.24) is 5.32 Å². The summed E-state index contributed by atoms with van der Waals surface area (Å²) in [7, 11) is 6.16. The highest BCUT2D eigenvalue weighted by Gasteiger charge is 2.16. The summed E-state index contributed by atoms with van der Waals surface area (Å²) >= 11 is 0. The topological polar surface area (TPSA) is 75.3 Å². The summed E-state index contributed by atoms with van der Waals surface area (Å²) < 4.78 is 26.7. The van der Waals surface area contributed by atoms with E-state index in [-0.39, 0.29) is 19.1 Å². The van der Waals surface area contributed by atoms with Crippen LogP contribution in [-0.2, 0) is 11.3 Å². The Morgan fingerprint density at radius 3 is 2.08 bits per heavy atom. The zero-order valence-corrected chi connectivity index (χ0v) is 15.3. The molecule has 0 aliphatic rings. The van der Waals surface area contributed by atoms with E-state index in [1.807, 2.05) is 18.2 Å². The van der Waals surface area contributed by atoms with Gasteiger partial charge in [-0.3, -0.25) is 4.79 Å². The Kier molecular flexibility index (Phi) is 6.96. The highest BCUT2D eigenvalue weighted by molar-refractivity contribution is 5.77. The third kappa shape index (κ3) is 4.50. The fourth-order valence-corrected chi connectivity index (χ4v) is 2.43. The molecular weight excluding hydrogens is 338 g/mol. The summed E-state index contributed by atoms with van der Waals surface area (Å²) in [4.78, 5) is 12.1. The predicted molar refractivity (Wildman–Crippen MR) is 96.4 cm³/mol. The lowest BCUT2D eigenvalue weighted by molar-refractivity contribution is -0.123. The second-order valence-electron chi connectivity index (χ2n) is 5.21. The van der Waals surface area contributed by atoms with Gasteiger partial charge in [0.15, 0.2) is 29.6 Å². The standard InChI is InChI=1S/C19H23NO6/c1-22-14-7-5-6-8-15(14)26-12-17(21)20-11-13-9-10-16(23-2)19(25-4)18(13)24-3/h5-10H,11-12H2,1-4H3,(H,20,21). The second-order valence-corrected chi connectivity index (χ2v) is 5.21. The Hall–Kier alpha value is -3.09. The van der Waals surface area contributed by atoms with E-state index < -0.39 is 0 Å². The van der Waals surface area contributed by atoms with Crippen molar-refractivity contribution in [2.45, 2.75) is 6.54 Å². The van der Waals surface area contributed by atoms with Crippen LogP contribution >= 0.6 is 0 Å². The first-order chi connectivity index (χ1) is 12.6. The number of para-hydroxylation sites is 2. The van der Waals surface area contributed by atoms with Crippen LogP contribution in [0.15, 0.2) is 36.4 Å². The lowest BCUT2D eigenvalue weighted by atomic mass is 10.1. The van der Waals surface area contributed by atoms with E-state index in [4.69, 9.17) is 23.7 Å². The minimum absolute atomic E-state index is 0.129. The molecule has 1 amide bonds. The summed E-state index contributed by atoms with van der Waals surface area (Å²) in [5, 5.41) is 2.79. The van der Waals surface area contributed by atoms with Gasteiger partial charge in [0.1, 0.15) is 0 Å². The molecule has 0 aromatic heterocycles. The van der Waals surface area contributed by atoms with E-state index in [9.17, 15) is 4.79 Å². The molecule has 2 aromatic rings. The molecule has 7 nitrogen and oxygen atoms in total. The van der Waals surface area contributed by atoms with Crippen molar-refractivity contribution in [3.8, 4) is 28.7 Å². The van der Waals surface area contributed by atoms with Gasteiger partial charge in [-0.15, -0.1) is 0 Å². The van der Waals surface area contributed by atoms with Crippen LogP contribution in [0.2, 0.25) is 0 Å². The van der Waals surface area contributed by atoms with E-state index in [0.29, 0.717) is 28.7 Å². The number of methoxy groups -OCH3 is 4. The molecule has 0 saturated carbocycles. The quantitative estimate of drug-likeness (QED) is 0.739. The van der Waals surface area contributed by atoms with Gasteiger partial charge in [0.05, 0.1) is 28.4 Å². The number of carbonyl (C=O) groups is 1. The van der Waals surface area contributed by atoms with Gasteiger partial charge < -0.3 is 29.0 Å².